The third-order valence-corrected chi connectivity index (χ3v) is 5.56. The van der Waals surface area contributed by atoms with E-state index in [9.17, 15) is 18.3 Å². The summed E-state index contributed by atoms with van der Waals surface area (Å²) >= 11 is 0. The van der Waals surface area contributed by atoms with Crippen LogP contribution < -0.4 is 0 Å². The van der Waals surface area contributed by atoms with E-state index in [2.05, 4.69) is 4.98 Å². The number of rotatable bonds is 5. The quantitative estimate of drug-likeness (QED) is 0.916. The first-order valence-corrected chi connectivity index (χ1v) is 8.31. The maximum atomic E-state index is 12.4. The minimum atomic E-state index is -3.79. The zero-order valence-corrected chi connectivity index (χ0v) is 12.7. The van der Waals surface area contributed by atoms with Gasteiger partial charge in [0.1, 0.15) is 0 Å². The van der Waals surface area contributed by atoms with Crippen molar-refractivity contribution in [1.29, 1.82) is 0 Å². The summed E-state index contributed by atoms with van der Waals surface area (Å²) in [4.78, 5) is 15.4. The Hall–Kier alpha value is -1.95. The molecule has 0 saturated heterocycles. The number of nitrogens with zero attached hydrogens (tertiary/aromatic N) is 1. The number of fused-ring (bicyclic) bond motifs is 1. The van der Waals surface area contributed by atoms with Gasteiger partial charge in [0.05, 0.1) is 11.3 Å². The summed E-state index contributed by atoms with van der Waals surface area (Å²) < 4.78 is 24.9. The molecule has 1 unspecified atom stereocenters. The Morgan fingerprint density at radius 2 is 1.90 bits per heavy atom. The molecule has 0 bridgehead atoms. The van der Waals surface area contributed by atoms with Gasteiger partial charge < -0.3 is 5.11 Å². The normalized spacial score (nSPS) is 13.5. The number of carboxylic acids is 1. The van der Waals surface area contributed by atoms with Crippen LogP contribution in [0.15, 0.2) is 36.5 Å². The summed E-state index contributed by atoms with van der Waals surface area (Å²) in [5, 5.41) is 8.51. The summed E-state index contributed by atoms with van der Waals surface area (Å²) in [5.41, 5.74) is 1.27. The van der Waals surface area contributed by atoms with Crippen LogP contribution in [0.4, 0.5) is 0 Å². The molecular weight excluding hydrogens is 290 g/mol. The first-order chi connectivity index (χ1) is 9.83. The number of benzene rings is 1. The van der Waals surface area contributed by atoms with Crippen LogP contribution in [-0.4, -0.2) is 29.7 Å². The van der Waals surface area contributed by atoms with Gasteiger partial charge >= 0.3 is 5.97 Å². The first-order valence-electron chi connectivity index (χ1n) is 6.60. The van der Waals surface area contributed by atoms with Crippen LogP contribution in [0.1, 0.15) is 19.4 Å². The molecule has 6 heteroatoms. The van der Waals surface area contributed by atoms with E-state index in [1.54, 1.807) is 44.3 Å². The Bertz CT molecular complexity index is 763. The fourth-order valence-electron chi connectivity index (χ4n) is 2.44. The molecule has 1 aromatic heterocycles. The van der Waals surface area contributed by atoms with Crippen LogP contribution in [0, 0.1) is 5.92 Å². The molecule has 0 saturated carbocycles. The summed E-state index contributed by atoms with van der Waals surface area (Å²) in [6.45, 7) is 3.20. The summed E-state index contributed by atoms with van der Waals surface area (Å²) in [7, 11) is -3.79. The average Bonchev–Trinajstić information content (AvgIpc) is 2.37. The van der Waals surface area contributed by atoms with Gasteiger partial charge in [0, 0.05) is 11.6 Å². The van der Waals surface area contributed by atoms with Crippen LogP contribution in [0.3, 0.4) is 0 Å². The van der Waals surface area contributed by atoms with Gasteiger partial charge in [0.15, 0.2) is 15.1 Å². The zero-order valence-electron chi connectivity index (χ0n) is 11.9. The Labute approximate surface area is 123 Å². The molecule has 0 amide bonds. The monoisotopic (exact) mass is 307 g/mol. The molecule has 1 heterocycles. The second-order valence-corrected chi connectivity index (χ2v) is 7.42. The van der Waals surface area contributed by atoms with E-state index >= 15 is 0 Å². The van der Waals surface area contributed by atoms with Crippen molar-refractivity contribution in [3.8, 4) is 0 Å². The van der Waals surface area contributed by atoms with E-state index in [4.69, 9.17) is 0 Å². The van der Waals surface area contributed by atoms with E-state index in [0.717, 1.165) is 5.39 Å². The molecule has 1 N–H and O–H groups in total. The number of para-hydroxylation sites is 1. The minimum Gasteiger partial charge on any atom is -0.480 e. The van der Waals surface area contributed by atoms with Crippen LogP contribution in [-0.2, 0) is 20.4 Å². The molecule has 0 radical (unpaired) electrons. The number of sulfone groups is 1. The van der Waals surface area contributed by atoms with Crippen LogP contribution >= 0.6 is 0 Å². The molecule has 1 aromatic carbocycles. The highest BCUT2D eigenvalue weighted by atomic mass is 32.2. The van der Waals surface area contributed by atoms with E-state index in [1.165, 1.54) is 0 Å². The van der Waals surface area contributed by atoms with E-state index in [1.807, 2.05) is 6.07 Å². The average molecular weight is 307 g/mol. The molecule has 21 heavy (non-hydrogen) atoms. The zero-order chi connectivity index (χ0) is 15.6. The largest absolute Gasteiger partial charge is 0.480 e. The molecule has 0 aliphatic heterocycles. The lowest BCUT2D eigenvalue weighted by molar-refractivity contribution is -0.137. The van der Waals surface area contributed by atoms with Gasteiger partial charge in [-0.05, 0) is 23.6 Å². The highest BCUT2D eigenvalue weighted by Crippen LogP contribution is 2.23. The highest BCUT2D eigenvalue weighted by Gasteiger charge is 2.35. The number of carbonyl (C=O) groups is 1. The van der Waals surface area contributed by atoms with E-state index in [0.29, 0.717) is 11.1 Å². The topological polar surface area (TPSA) is 84.3 Å². The lowest BCUT2D eigenvalue weighted by Crippen LogP contribution is -2.35. The summed E-state index contributed by atoms with van der Waals surface area (Å²) in [5.74, 6) is -2.09. The fraction of sp³-hybridized carbons (Fsp3) is 0.333. The second kappa shape index (κ2) is 5.81. The lowest BCUT2D eigenvalue weighted by atomic mass is 10.1. The number of hydrogen-bond acceptors (Lipinski definition) is 4. The standard InChI is InChI=1S/C15H17NO4S/c1-10(2)14(15(17)18)21(19,20)9-11-7-8-16-13-6-4-3-5-12(11)13/h3-8,10,14H,9H2,1-2H3,(H,17,18). The number of hydrogen-bond donors (Lipinski definition) is 1. The lowest BCUT2D eigenvalue weighted by Gasteiger charge is -2.17. The SMILES string of the molecule is CC(C)C(C(=O)O)S(=O)(=O)Cc1ccnc2ccccc12. The highest BCUT2D eigenvalue weighted by molar-refractivity contribution is 7.92. The molecule has 2 aromatic rings. The van der Waals surface area contributed by atoms with Crippen LogP contribution in [0.5, 0.6) is 0 Å². The number of aliphatic carboxylic acids is 1. The van der Waals surface area contributed by atoms with Crippen molar-refractivity contribution in [3.05, 3.63) is 42.1 Å². The van der Waals surface area contributed by atoms with Gasteiger partial charge in [0.25, 0.3) is 0 Å². The van der Waals surface area contributed by atoms with Crippen molar-refractivity contribution in [1.82, 2.24) is 4.98 Å². The Balaban J connectivity index is 2.46. The van der Waals surface area contributed by atoms with Gasteiger partial charge in [-0.3, -0.25) is 9.78 Å². The van der Waals surface area contributed by atoms with Crippen molar-refractivity contribution >= 4 is 26.7 Å². The van der Waals surface area contributed by atoms with Gasteiger partial charge in [-0.15, -0.1) is 0 Å². The molecule has 0 spiro atoms. The van der Waals surface area contributed by atoms with E-state index in [-0.39, 0.29) is 5.75 Å². The maximum absolute atomic E-state index is 12.4. The molecule has 112 valence electrons. The Morgan fingerprint density at radius 3 is 2.52 bits per heavy atom. The van der Waals surface area contributed by atoms with Gasteiger partial charge in [-0.2, -0.15) is 0 Å². The number of aromatic nitrogens is 1. The third-order valence-electron chi connectivity index (χ3n) is 3.33. The van der Waals surface area contributed by atoms with Gasteiger partial charge in [-0.1, -0.05) is 32.0 Å². The van der Waals surface area contributed by atoms with Crippen molar-refractivity contribution in [2.24, 2.45) is 5.92 Å². The van der Waals surface area contributed by atoms with Crippen molar-refractivity contribution in [2.75, 3.05) is 0 Å². The molecule has 1 atom stereocenters. The summed E-state index contributed by atoms with van der Waals surface area (Å²) in [6.07, 6.45) is 1.54. The molecule has 5 nitrogen and oxygen atoms in total. The molecule has 0 aliphatic carbocycles. The van der Waals surface area contributed by atoms with Crippen LogP contribution in [0.25, 0.3) is 10.9 Å². The number of pyridine rings is 1. The fourth-order valence-corrected chi connectivity index (χ4v) is 4.44. The van der Waals surface area contributed by atoms with Crippen molar-refractivity contribution < 1.29 is 18.3 Å². The number of carboxylic acid groups (broad SMARTS) is 1. The Kier molecular flexibility index (Phi) is 4.27. The molecular formula is C15H17NO4S. The first kappa shape index (κ1) is 15.4. The second-order valence-electron chi connectivity index (χ2n) is 5.30. The Morgan fingerprint density at radius 1 is 1.24 bits per heavy atom. The third kappa shape index (κ3) is 3.21. The van der Waals surface area contributed by atoms with Gasteiger partial charge in [-0.25, -0.2) is 8.42 Å². The maximum Gasteiger partial charge on any atom is 0.322 e. The molecule has 2 rings (SSSR count). The molecule has 0 fully saturated rings. The van der Waals surface area contributed by atoms with Crippen molar-refractivity contribution in [3.63, 3.8) is 0 Å². The predicted molar refractivity (Wildman–Crippen MR) is 80.6 cm³/mol. The van der Waals surface area contributed by atoms with Crippen molar-refractivity contribution in [2.45, 2.75) is 24.9 Å². The smallest absolute Gasteiger partial charge is 0.322 e. The van der Waals surface area contributed by atoms with E-state index < -0.39 is 27.0 Å². The van der Waals surface area contributed by atoms with Crippen LogP contribution in [0.2, 0.25) is 0 Å². The predicted octanol–water partition coefficient (Wildman–Crippen LogP) is 2.26. The molecule has 0 aliphatic rings. The summed E-state index contributed by atoms with van der Waals surface area (Å²) in [6, 6.07) is 8.83. The van der Waals surface area contributed by atoms with Gasteiger partial charge in [0.2, 0.25) is 0 Å². The minimum absolute atomic E-state index is 0.300.